The highest BCUT2D eigenvalue weighted by molar-refractivity contribution is 6.31. The number of halogens is 4. The molecule has 0 saturated carbocycles. The van der Waals surface area contributed by atoms with Crippen molar-refractivity contribution < 1.29 is 27.5 Å². The predicted molar refractivity (Wildman–Crippen MR) is 82.5 cm³/mol. The summed E-state index contributed by atoms with van der Waals surface area (Å²) in [6, 6.07) is 9.46. The van der Waals surface area contributed by atoms with Crippen LogP contribution in [0.1, 0.15) is 21.5 Å². The van der Waals surface area contributed by atoms with E-state index in [1.54, 1.807) is 0 Å². The molecule has 0 aliphatic carbocycles. The summed E-state index contributed by atoms with van der Waals surface area (Å²) in [6.45, 7) is -0.287. The number of benzene rings is 2. The average Bonchev–Trinajstić information content (AvgIpc) is 2.54. The second-order valence-corrected chi connectivity index (χ2v) is 5.41. The van der Waals surface area contributed by atoms with Gasteiger partial charge in [-0.3, -0.25) is 9.59 Å². The molecule has 0 heterocycles. The number of ether oxygens (including phenoxy) is 1. The number of aldehydes is 1. The first-order valence-electron chi connectivity index (χ1n) is 6.85. The lowest BCUT2D eigenvalue weighted by Gasteiger charge is -2.11. The van der Waals surface area contributed by atoms with E-state index in [4.69, 9.17) is 16.3 Å². The molecule has 0 saturated heterocycles. The zero-order valence-corrected chi connectivity index (χ0v) is 13.0. The van der Waals surface area contributed by atoms with Crippen LogP contribution in [-0.4, -0.2) is 18.7 Å². The molecule has 0 aliphatic rings. The molecular weight excluding hydrogens is 345 g/mol. The Morgan fingerprint density at radius 3 is 2.38 bits per heavy atom. The highest BCUT2D eigenvalue weighted by Gasteiger charge is 2.33. The Morgan fingerprint density at radius 1 is 1.12 bits per heavy atom. The van der Waals surface area contributed by atoms with E-state index in [1.165, 1.54) is 30.3 Å². The highest BCUT2D eigenvalue weighted by atomic mass is 35.5. The van der Waals surface area contributed by atoms with Crippen LogP contribution in [-0.2, 0) is 17.4 Å². The van der Waals surface area contributed by atoms with Crippen LogP contribution in [0.25, 0.3) is 0 Å². The first-order valence-corrected chi connectivity index (χ1v) is 7.23. The van der Waals surface area contributed by atoms with Crippen molar-refractivity contribution in [3.05, 3.63) is 64.2 Å². The smallest absolute Gasteiger partial charge is 0.417 e. The Morgan fingerprint density at radius 2 is 1.79 bits per heavy atom. The fraction of sp³-hybridized carbons (Fsp3) is 0.176. The van der Waals surface area contributed by atoms with E-state index in [9.17, 15) is 22.8 Å². The van der Waals surface area contributed by atoms with Gasteiger partial charge in [-0.25, -0.2) is 0 Å². The second-order valence-electron chi connectivity index (χ2n) is 5.00. The number of carbonyl (C=O) groups is 2. The summed E-state index contributed by atoms with van der Waals surface area (Å²) >= 11 is 5.53. The van der Waals surface area contributed by atoms with E-state index in [0.29, 0.717) is 17.6 Å². The molecule has 0 spiro atoms. The molecule has 0 N–H and O–H groups in total. The van der Waals surface area contributed by atoms with Gasteiger partial charge >= 0.3 is 6.18 Å². The van der Waals surface area contributed by atoms with Crippen LogP contribution in [0.3, 0.4) is 0 Å². The number of hydrogen-bond acceptors (Lipinski definition) is 3. The topological polar surface area (TPSA) is 43.4 Å². The molecule has 0 atom stereocenters. The summed E-state index contributed by atoms with van der Waals surface area (Å²) < 4.78 is 43.6. The number of alkyl halides is 3. The molecule has 2 rings (SSSR count). The Hall–Kier alpha value is -2.34. The Kier molecular flexibility index (Phi) is 5.62. The van der Waals surface area contributed by atoms with E-state index in [0.717, 1.165) is 12.1 Å². The molecule has 0 fully saturated rings. The van der Waals surface area contributed by atoms with Gasteiger partial charge in [-0.05, 0) is 42.0 Å². The van der Waals surface area contributed by atoms with Gasteiger partial charge in [0.25, 0.3) is 0 Å². The predicted octanol–water partition coefficient (Wildman–Crippen LogP) is 4.36. The van der Waals surface area contributed by atoms with Crippen LogP contribution in [0, 0.1) is 0 Å². The van der Waals surface area contributed by atoms with Crippen LogP contribution in [0.5, 0.6) is 5.75 Å². The van der Waals surface area contributed by atoms with Crippen LogP contribution in [0.4, 0.5) is 13.2 Å². The van der Waals surface area contributed by atoms with Crippen LogP contribution < -0.4 is 4.74 Å². The van der Waals surface area contributed by atoms with Crippen molar-refractivity contribution >= 4 is 23.7 Å². The van der Waals surface area contributed by atoms with Crippen LogP contribution in [0.15, 0.2) is 42.5 Å². The summed E-state index contributed by atoms with van der Waals surface area (Å²) in [5, 5.41) is -0.412. The van der Waals surface area contributed by atoms with Gasteiger partial charge in [0.05, 0.1) is 10.6 Å². The summed E-state index contributed by atoms with van der Waals surface area (Å²) in [6.07, 6.45) is -4.10. The number of ketones is 1. The Labute approximate surface area is 141 Å². The van der Waals surface area contributed by atoms with E-state index in [2.05, 4.69) is 0 Å². The molecule has 0 unspecified atom stereocenters. The summed E-state index contributed by atoms with van der Waals surface area (Å²) in [5.74, 6) is 0.00551. The molecule has 0 amide bonds. The Bertz CT molecular complexity index is 740. The maximum absolute atomic E-state index is 12.8. The summed E-state index contributed by atoms with van der Waals surface area (Å²) in [7, 11) is 0. The minimum absolute atomic E-state index is 0.202. The van der Waals surface area contributed by atoms with E-state index in [1.807, 2.05) is 0 Å². The Balaban J connectivity index is 1.98. The average molecular weight is 357 g/mol. The minimum atomic E-state index is -4.58. The molecular formula is C17H12ClF3O3. The molecule has 7 heteroatoms. The van der Waals surface area contributed by atoms with Gasteiger partial charge in [0.15, 0.2) is 5.78 Å². The lowest BCUT2D eigenvalue weighted by Crippen LogP contribution is -2.14. The maximum atomic E-state index is 12.8. The maximum Gasteiger partial charge on any atom is 0.417 e. The van der Waals surface area contributed by atoms with Gasteiger partial charge in [0.2, 0.25) is 0 Å². The van der Waals surface area contributed by atoms with E-state index < -0.39 is 16.8 Å². The van der Waals surface area contributed by atoms with E-state index >= 15 is 0 Å². The number of carbonyl (C=O) groups excluding carboxylic acids is 2. The number of hydrogen-bond donors (Lipinski definition) is 0. The number of rotatable bonds is 6. The first-order chi connectivity index (χ1) is 11.3. The van der Waals surface area contributed by atoms with Crippen molar-refractivity contribution in [2.24, 2.45) is 0 Å². The highest BCUT2D eigenvalue weighted by Crippen LogP contribution is 2.35. The van der Waals surface area contributed by atoms with Crippen molar-refractivity contribution in [1.29, 1.82) is 0 Å². The largest absolute Gasteiger partial charge is 0.486 e. The van der Waals surface area contributed by atoms with Gasteiger partial charge in [0.1, 0.15) is 18.6 Å². The van der Waals surface area contributed by atoms with Crippen molar-refractivity contribution in [2.45, 2.75) is 12.6 Å². The standard InChI is InChI=1S/C17H12ClF3O3/c18-16-6-3-12(8-15(16)17(19,20)21)7-13(23)10-24-14-4-1-11(9-22)2-5-14/h1-6,8-9H,7,10H2. The molecule has 126 valence electrons. The van der Waals surface area contributed by atoms with Crippen molar-refractivity contribution in [3.8, 4) is 5.75 Å². The minimum Gasteiger partial charge on any atom is -0.486 e. The monoisotopic (exact) mass is 356 g/mol. The third kappa shape index (κ3) is 4.83. The molecule has 3 nitrogen and oxygen atoms in total. The second kappa shape index (κ2) is 7.49. The van der Waals surface area contributed by atoms with Gasteiger partial charge in [-0.1, -0.05) is 17.7 Å². The zero-order valence-electron chi connectivity index (χ0n) is 12.3. The zero-order chi connectivity index (χ0) is 17.7. The lowest BCUT2D eigenvalue weighted by atomic mass is 10.1. The molecule has 0 radical (unpaired) electrons. The van der Waals surface area contributed by atoms with E-state index in [-0.39, 0.29) is 24.4 Å². The third-order valence-corrected chi connectivity index (χ3v) is 3.48. The fourth-order valence-corrected chi connectivity index (χ4v) is 2.21. The van der Waals surface area contributed by atoms with Gasteiger partial charge in [-0.2, -0.15) is 13.2 Å². The molecule has 0 bridgehead atoms. The normalized spacial score (nSPS) is 11.2. The van der Waals surface area contributed by atoms with Crippen LogP contribution >= 0.6 is 11.6 Å². The molecule has 2 aromatic carbocycles. The number of Topliss-reactive ketones (excluding diaryl/α,β-unsaturated/α-hetero) is 1. The van der Waals surface area contributed by atoms with Gasteiger partial charge < -0.3 is 4.74 Å². The SMILES string of the molecule is O=Cc1ccc(OCC(=O)Cc2ccc(Cl)c(C(F)(F)F)c2)cc1. The molecule has 0 aromatic heterocycles. The lowest BCUT2D eigenvalue weighted by molar-refractivity contribution is -0.137. The fourth-order valence-electron chi connectivity index (χ4n) is 1.98. The molecule has 2 aromatic rings. The summed E-state index contributed by atoms with van der Waals surface area (Å²) in [5.41, 5.74) is -0.300. The third-order valence-electron chi connectivity index (χ3n) is 3.15. The van der Waals surface area contributed by atoms with Crippen molar-refractivity contribution in [3.63, 3.8) is 0 Å². The van der Waals surface area contributed by atoms with Gasteiger partial charge in [-0.15, -0.1) is 0 Å². The quantitative estimate of drug-likeness (QED) is 0.722. The summed E-state index contributed by atoms with van der Waals surface area (Å²) in [4.78, 5) is 22.4. The van der Waals surface area contributed by atoms with Crippen LogP contribution in [0.2, 0.25) is 5.02 Å². The first kappa shape index (κ1) is 18.0. The van der Waals surface area contributed by atoms with Crippen molar-refractivity contribution in [2.75, 3.05) is 6.61 Å². The van der Waals surface area contributed by atoms with Crippen molar-refractivity contribution in [1.82, 2.24) is 0 Å². The molecule has 0 aliphatic heterocycles. The molecule has 24 heavy (non-hydrogen) atoms. The van der Waals surface area contributed by atoms with Gasteiger partial charge in [0, 0.05) is 12.0 Å².